The van der Waals surface area contributed by atoms with Crippen LogP contribution in [0.1, 0.15) is 11.1 Å². The van der Waals surface area contributed by atoms with Gasteiger partial charge in [-0.3, -0.25) is 0 Å². The molecular weight excluding hydrogens is 428 g/mol. The van der Waals surface area contributed by atoms with Gasteiger partial charge in [-0.15, -0.1) is 0 Å². The molecule has 9 nitrogen and oxygen atoms in total. The quantitative estimate of drug-likeness (QED) is 0.398. The minimum absolute atomic E-state index is 0.103. The average Bonchev–Trinajstić information content (AvgIpc) is 3.22. The van der Waals surface area contributed by atoms with Crippen LogP contribution in [-0.4, -0.2) is 52.4 Å². The predicted molar refractivity (Wildman–Crippen MR) is 122 cm³/mol. The van der Waals surface area contributed by atoms with Crippen molar-refractivity contribution in [1.29, 1.82) is 0 Å². The summed E-state index contributed by atoms with van der Waals surface area (Å²) in [6, 6.07) is 10.7. The molecule has 0 fully saturated rings. The fourth-order valence-corrected chi connectivity index (χ4v) is 3.42. The number of pyridine rings is 1. The predicted octanol–water partition coefficient (Wildman–Crippen LogP) is 3.62. The lowest BCUT2D eigenvalue weighted by atomic mass is 10.1. The van der Waals surface area contributed by atoms with Gasteiger partial charge in [-0.05, 0) is 36.4 Å². The number of nitrogens with zero attached hydrogens (tertiary/aromatic N) is 2. The summed E-state index contributed by atoms with van der Waals surface area (Å²) in [4.78, 5) is 21.5. The lowest BCUT2D eigenvalue weighted by Crippen LogP contribution is -2.07. The van der Waals surface area contributed by atoms with E-state index in [0.717, 1.165) is 5.39 Å². The largest absolute Gasteiger partial charge is 0.497 e. The van der Waals surface area contributed by atoms with Crippen LogP contribution in [0.2, 0.25) is 0 Å². The SMILES string of the molecule is COc1ccc2cc(/C=C3\N=C(c4cc(OC)c(OC)c(OC)c4)OC3=O)c(OC)nc2c1. The second kappa shape index (κ2) is 9.07. The molecule has 0 saturated heterocycles. The van der Waals surface area contributed by atoms with Crippen LogP contribution in [-0.2, 0) is 9.53 Å². The molecule has 0 aliphatic carbocycles. The van der Waals surface area contributed by atoms with Gasteiger partial charge in [0, 0.05) is 22.6 Å². The van der Waals surface area contributed by atoms with Crippen LogP contribution in [0.15, 0.2) is 47.1 Å². The number of rotatable bonds is 7. The Bertz CT molecular complexity index is 1270. The van der Waals surface area contributed by atoms with Gasteiger partial charge in [-0.25, -0.2) is 14.8 Å². The van der Waals surface area contributed by atoms with Crippen LogP contribution >= 0.6 is 0 Å². The molecule has 1 aliphatic heterocycles. The van der Waals surface area contributed by atoms with Crippen molar-refractivity contribution in [3.8, 4) is 28.9 Å². The van der Waals surface area contributed by atoms with Gasteiger partial charge in [0.2, 0.25) is 17.5 Å². The summed E-state index contributed by atoms with van der Waals surface area (Å²) in [5.41, 5.74) is 1.88. The molecule has 0 N–H and O–H groups in total. The van der Waals surface area contributed by atoms with Gasteiger partial charge >= 0.3 is 5.97 Å². The molecule has 0 unspecified atom stereocenters. The van der Waals surface area contributed by atoms with Crippen molar-refractivity contribution < 1.29 is 33.2 Å². The van der Waals surface area contributed by atoms with Crippen molar-refractivity contribution in [2.75, 3.05) is 35.5 Å². The monoisotopic (exact) mass is 450 g/mol. The Morgan fingerprint density at radius 1 is 0.848 bits per heavy atom. The number of methoxy groups -OCH3 is 5. The molecule has 0 saturated carbocycles. The Hall–Kier alpha value is -4.27. The van der Waals surface area contributed by atoms with Gasteiger partial charge in [-0.1, -0.05) is 0 Å². The molecule has 0 spiro atoms. The van der Waals surface area contributed by atoms with Crippen LogP contribution in [0.4, 0.5) is 0 Å². The lowest BCUT2D eigenvalue weighted by molar-refractivity contribution is -0.129. The van der Waals surface area contributed by atoms with Crippen LogP contribution in [0.25, 0.3) is 17.0 Å². The van der Waals surface area contributed by atoms with Crippen molar-refractivity contribution in [3.05, 3.63) is 53.2 Å². The Balaban J connectivity index is 1.77. The smallest absolute Gasteiger partial charge is 0.363 e. The molecule has 170 valence electrons. The number of hydrogen-bond donors (Lipinski definition) is 0. The Kier molecular flexibility index (Phi) is 6.03. The number of aromatic nitrogens is 1. The van der Waals surface area contributed by atoms with Crippen molar-refractivity contribution in [2.24, 2.45) is 4.99 Å². The van der Waals surface area contributed by atoms with Crippen molar-refractivity contribution >= 4 is 28.8 Å². The van der Waals surface area contributed by atoms with E-state index < -0.39 is 5.97 Å². The minimum Gasteiger partial charge on any atom is -0.497 e. The van der Waals surface area contributed by atoms with Crippen molar-refractivity contribution in [2.45, 2.75) is 0 Å². The lowest BCUT2D eigenvalue weighted by Gasteiger charge is -2.13. The van der Waals surface area contributed by atoms with Crippen LogP contribution < -0.4 is 23.7 Å². The molecule has 0 amide bonds. The standard InChI is InChI=1S/C24H22N2O7/c1-28-16-7-6-13-8-14(22(32-5)25-17(13)12-16)9-18-24(27)33-23(26-18)15-10-19(29-2)21(31-4)20(11-15)30-3/h6-12H,1-5H3/b18-9-. The third kappa shape index (κ3) is 4.12. The molecule has 0 radical (unpaired) electrons. The molecule has 2 aromatic carbocycles. The molecule has 33 heavy (non-hydrogen) atoms. The summed E-state index contributed by atoms with van der Waals surface area (Å²) in [7, 11) is 7.61. The maximum absolute atomic E-state index is 12.6. The molecule has 9 heteroatoms. The van der Waals surface area contributed by atoms with Gasteiger partial charge < -0.3 is 28.4 Å². The third-order valence-electron chi connectivity index (χ3n) is 5.04. The van der Waals surface area contributed by atoms with Gasteiger partial charge in [0.25, 0.3) is 0 Å². The molecular formula is C24H22N2O7. The number of fused-ring (bicyclic) bond motifs is 1. The molecule has 0 atom stereocenters. The maximum Gasteiger partial charge on any atom is 0.363 e. The fraction of sp³-hybridized carbons (Fsp3) is 0.208. The number of benzene rings is 2. The number of aliphatic imine (C=N–C) groups is 1. The molecule has 4 rings (SSSR count). The van der Waals surface area contributed by atoms with E-state index in [-0.39, 0.29) is 11.6 Å². The summed E-state index contributed by atoms with van der Waals surface area (Å²) in [6.45, 7) is 0. The van der Waals surface area contributed by atoms with E-state index in [1.165, 1.54) is 28.4 Å². The highest BCUT2D eigenvalue weighted by atomic mass is 16.6. The molecule has 1 aliphatic rings. The summed E-state index contributed by atoms with van der Waals surface area (Å²) in [5, 5.41) is 0.851. The van der Waals surface area contributed by atoms with E-state index in [2.05, 4.69) is 9.98 Å². The summed E-state index contributed by atoms with van der Waals surface area (Å²) < 4.78 is 32.2. The zero-order valence-corrected chi connectivity index (χ0v) is 18.8. The Labute approximate surface area is 190 Å². The van der Waals surface area contributed by atoms with Gasteiger partial charge in [0.1, 0.15) is 5.75 Å². The van der Waals surface area contributed by atoms with E-state index in [0.29, 0.717) is 45.5 Å². The van der Waals surface area contributed by atoms with Gasteiger partial charge in [0.05, 0.1) is 41.1 Å². The van der Waals surface area contributed by atoms with Crippen LogP contribution in [0.3, 0.4) is 0 Å². The number of carbonyl (C=O) groups is 1. The molecule has 3 aromatic rings. The number of cyclic esters (lactones) is 1. The second-order valence-electron chi connectivity index (χ2n) is 6.90. The first-order valence-corrected chi connectivity index (χ1v) is 9.87. The number of hydrogen-bond acceptors (Lipinski definition) is 9. The van der Waals surface area contributed by atoms with Crippen LogP contribution in [0.5, 0.6) is 28.9 Å². The summed E-state index contributed by atoms with van der Waals surface area (Å²) in [6.07, 6.45) is 1.57. The Morgan fingerprint density at radius 3 is 2.18 bits per heavy atom. The number of carbonyl (C=O) groups excluding carboxylic acids is 1. The van der Waals surface area contributed by atoms with Gasteiger partial charge in [-0.2, -0.15) is 0 Å². The van der Waals surface area contributed by atoms with E-state index in [4.69, 9.17) is 28.4 Å². The van der Waals surface area contributed by atoms with Gasteiger partial charge in [0.15, 0.2) is 17.2 Å². The minimum atomic E-state index is -0.601. The molecule has 0 bridgehead atoms. The summed E-state index contributed by atoms with van der Waals surface area (Å²) in [5.74, 6) is 1.79. The van der Waals surface area contributed by atoms with Crippen LogP contribution in [0, 0.1) is 0 Å². The van der Waals surface area contributed by atoms with Crippen molar-refractivity contribution in [1.82, 2.24) is 4.98 Å². The first-order valence-electron chi connectivity index (χ1n) is 9.87. The molecule has 2 heterocycles. The molecule has 1 aromatic heterocycles. The van der Waals surface area contributed by atoms with E-state index in [1.807, 2.05) is 18.2 Å². The summed E-state index contributed by atoms with van der Waals surface area (Å²) >= 11 is 0. The second-order valence-corrected chi connectivity index (χ2v) is 6.90. The maximum atomic E-state index is 12.6. The highest BCUT2D eigenvalue weighted by Crippen LogP contribution is 2.39. The number of ether oxygens (including phenoxy) is 6. The number of esters is 1. The van der Waals surface area contributed by atoms with Crippen molar-refractivity contribution in [3.63, 3.8) is 0 Å². The van der Waals surface area contributed by atoms with E-state index in [1.54, 1.807) is 31.4 Å². The zero-order chi connectivity index (χ0) is 23.5. The highest BCUT2D eigenvalue weighted by molar-refractivity contribution is 6.13. The van der Waals surface area contributed by atoms with E-state index >= 15 is 0 Å². The third-order valence-corrected chi connectivity index (χ3v) is 5.04. The first kappa shape index (κ1) is 21.9. The first-order chi connectivity index (χ1) is 16.0. The normalized spacial score (nSPS) is 14.2. The highest BCUT2D eigenvalue weighted by Gasteiger charge is 2.27. The zero-order valence-electron chi connectivity index (χ0n) is 18.8. The fourth-order valence-electron chi connectivity index (χ4n) is 3.42. The average molecular weight is 450 g/mol. The van der Waals surface area contributed by atoms with E-state index in [9.17, 15) is 4.79 Å². The Morgan fingerprint density at radius 2 is 1.58 bits per heavy atom. The topological polar surface area (TPSA) is 97.7 Å².